The van der Waals surface area contributed by atoms with Crippen LogP contribution in [0.3, 0.4) is 0 Å². The minimum Gasteiger partial charge on any atom is -0.347 e. The third-order valence-electron chi connectivity index (χ3n) is 6.64. The number of likely N-dealkylation sites (tertiary alicyclic amines) is 1. The quantitative estimate of drug-likeness (QED) is 0.559. The number of nitrogens with two attached hydrogens (primary N) is 1. The number of alkyl halides is 3. The van der Waals surface area contributed by atoms with Crippen molar-refractivity contribution in [1.82, 2.24) is 10.2 Å². The SMILES string of the molecule is Cc1ccc(S(N)(=O)=O)cc1C(=O)N1CCC[C@@H]1C(=O)N[C@@H](c1ccc(C(F)(F)F)cc1F)C1CC1. The molecular formula is C24H25F4N3O4S. The van der Waals surface area contributed by atoms with E-state index >= 15 is 0 Å². The normalized spacial score (nSPS) is 19.3. The van der Waals surface area contributed by atoms with E-state index in [0.29, 0.717) is 37.3 Å². The van der Waals surface area contributed by atoms with E-state index in [0.717, 1.165) is 12.1 Å². The van der Waals surface area contributed by atoms with Gasteiger partial charge >= 0.3 is 6.18 Å². The van der Waals surface area contributed by atoms with Crippen molar-refractivity contribution >= 4 is 21.8 Å². The lowest BCUT2D eigenvalue weighted by Crippen LogP contribution is -2.47. The second-order valence-corrected chi connectivity index (χ2v) is 10.8. The van der Waals surface area contributed by atoms with E-state index in [1.807, 2.05) is 0 Å². The molecule has 1 aliphatic heterocycles. The predicted molar refractivity (Wildman–Crippen MR) is 122 cm³/mol. The number of amides is 2. The lowest BCUT2D eigenvalue weighted by molar-refractivity contribution is -0.137. The van der Waals surface area contributed by atoms with Crippen molar-refractivity contribution in [2.75, 3.05) is 6.54 Å². The number of primary sulfonamides is 1. The summed E-state index contributed by atoms with van der Waals surface area (Å²) in [6.45, 7) is 1.88. The molecule has 2 aromatic rings. The molecule has 2 fully saturated rings. The maximum Gasteiger partial charge on any atom is 0.416 e. The van der Waals surface area contributed by atoms with Crippen LogP contribution in [0.1, 0.15) is 58.8 Å². The Balaban J connectivity index is 1.56. The largest absolute Gasteiger partial charge is 0.416 e. The fourth-order valence-electron chi connectivity index (χ4n) is 4.53. The predicted octanol–water partition coefficient (Wildman–Crippen LogP) is 3.67. The van der Waals surface area contributed by atoms with Gasteiger partial charge < -0.3 is 10.2 Å². The molecule has 0 aromatic heterocycles. The number of rotatable bonds is 6. The highest BCUT2D eigenvalue weighted by Crippen LogP contribution is 2.43. The van der Waals surface area contributed by atoms with Gasteiger partial charge in [-0.05, 0) is 68.4 Å². The van der Waals surface area contributed by atoms with E-state index in [9.17, 15) is 35.6 Å². The average molecular weight is 528 g/mol. The molecule has 1 aliphatic carbocycles. The van der Waals surface area contributed by atoms with Crippen LogP contribution in [0.25, 0.3) is 0 Å². The Hall–Kier alpha value is -2.99. The fraction of sp³-hybridized carbons (Fsp3) is 0.417. The lowest BCUT2D eigenvalue weighted by Gasteiger charge is -2.28. The van der Waals surface area contributed by atoms with Crippen LogP contribution in [0.4, 0.5) is 17.6 Å². The Morgan fingerprint density at radius 2 is 1.81 bits per heavy atom. The number of halogens is 4. The summed E-state index contributed by atoms with van der Waals surface area (Å²) >= 11 is 0. The van der Waals surface area contributed by atoms with Gasteiger partial charge in [-0.15, -0.1) is 0 Å². The maximum absolute atomic E-state index is 14.7. The molecule has 7 nitrogen and oxygen atoms in total. The number of benzene rings is 2. The third-order valence-corrected chi connectivity index (χ3v) is 7.55. The number of nitrogens with zero attached hydrogens (tertiary/aromatic N) is 1. The molecule has 2 aliphatic rings. The van der Waals surface area contributed by atoms with E-state index in [1.54, 1.807) is 6.92 Å². The van der Waals surface area contributed by atoms with E-state index < -0.39 is 51.5 Å². The number of hydrogen-bond acceptors (Lipinski definition) is 4. The van der Waals surface area contributed by atoms with E-state index in [-0.39, 0.29) is 28.5 Å². The number of sulfonamides is 1. The van der Waals surface area contributed by atoms with Crippen LogP contribution < -0.4 is 10.5 Å². The van der Waals surface area contributed by atoms with Crippen LogP contribution in [0, 0.1) is 18.7 Å². The standard InChI is InChI=1S/C24H25F4N3O4S/c1-13-4-8-16(36(29,34)35)12-18(13)23(33)31-10-2-3-20(31)22(32)30-21(14-5-6-14)17-9-7-15(11-19(17)25)24(26,27)28/h4,7-9,11-12,14,20-21H,2-3,5-6,10H2,1H3,(H,30,32)(H2,29,34,35)/t20-,21-/m1/s1. The molecule has 4 rings (SSSR count). The molecule has 1 saturated heterocycles. The lowest BCUT2D eigenvalue weighted by atomic mass is 9.99. The van der Waals surface area contributed by atoms with Crippen molar-refractivity contribution in [1.29, 1.82) is 0 Å². The number of hydrogen-bond donors (Lipinski definition) is 2. The molecule has 36 heavy (non-hydrogen) atoms. The van der Waals surface area contributed by atoms with Crippen molar-refractivity contribution in [3.8, 4) is 0 Å². The number of carbonyl (C=O) groups excluding carboxylic acids is 2. The Morgan fingerprint density at radius 1 is 1.11 bits per heavy atom. The molecule has 2 aromatic carbocycles. The highest BCUT2D eigenvalue weighted by Gasteiger charge is 2.41. The molecule has 1 heterocycles. The summed E-state index contributed by atoms with van der Waals surface area (Å²) in [5, 5.41) is 7.94. The van der Waals surface area contributed by atoms with Gasteiger partial charge in [0.2, 0.25) is 15.9 Å². The molecule has 2 atom stereocenters. The molecule has 0 spiro atoms. The smallest absolute Gasteiger partial charge is 0.347 e. The van der Waals surface area contributed by atoms with Gasteiger partial charge in [-0.2, -0.15) is 13.2 Å². The molecule has 12 heteroatoms. The molecule has 2 amide bonds. The molecule has 194 valence electrons. The zero-order valence-electron chi connectivity index (χ0n) is 19.3. The average Bonchev–Trinajstić information content (AvgIpc) is 3.51. The van der Waals surface area contributed by atoms with Gasteiger partial charge in [0.25, 0.3) is 5.91 Å². The fourth-order valence-corrected chi connectivity index (χ4v) is 5.07. The van der Waals surface area contributed by atoms with Crippen molar-refractivity contribution < 1.29 is 35.6 Å². The second-order valence-electron chi connectivity index (χ2n) is 9.24. The monoisotopic (exact) mass is 527 g/mol. The summed E-state index contributed by atoms with van der Waals surface area (Å²) in [7, 11) is -4.05. The van der Waals surface area contributed by atoms with Crippen molar-refractivity contribution in [3.63, 3.8) is 0 Å². The summed E-state index contributed by atoms with van der Waals surface area (Å²) in [4.78, 5) is 27.6. The molecule has 3 N–H and O–H groups in total. The van der Waals surface area contributed by atoms with Crippen molar-refractivity contribution in [3.05, 3.63) is 64.5 Å². The first-order valence-electron chi connectivity index (χ1n) is 11.4. The van der Waals surface area contributed by atoms with E-state index in [2.05, 4.69) is 5.32 Å². The topological polar surface area (TPSA) is 110 Å². The van der Waals surface area contributed by atoms with Crippen LogP contribution in [-0.4, -0.2) is 37.7 Å². The first-order chi connectivity index (χ1) is 16.8. The van der Waals surface area contributed by atoms with Crippen molar-refractivity contribution in [2.45, 2.75) is 55.8 Å². The van der Waals surface area contributed by atoms with Gasteiger partial charge in [0.1, 0.15) is 11.9 Å². The van der Waals surface area contributed by atoms with Crippen LogP contribution in [-0.2, 0) is 21.0 Å². The zero-order chi connectivity index (χ0) is 26.4. The van der Waals surface area contributed by atoms with Gasteiger partial charge in [0.05, 0.1) is 16.5 Å². The van der Waals surface area contributed by atoms with Gasteiger partial charge in [-0.3, -0.25) is 9.59 Å². The van der Waals surface area contributed by atoms with Crippen molar-refractivity contribution in [2.24, 2.45) is 11.1 Å². The highest BCUT2D eigenvalue weighted by molar-refractivity contribution is 7.89. The molecular weight excluding hydrogens is 502 g/mol. The van der Waals surface area contributed by atoms with Gasteiger partial charge in [-0.25, -0.2) is 17.9 Å². The zero-order valence-corrected chi connectivity index (χ0v) is 20.1. The van der Waals surface area contributed by atoms with Gasteiger partial charge in [0, 0.05) is 17.7 Å². The second kappa shape index (κ2) is 9.47. The maximum atomic E-state index is 14.7. The molecule has 0 bridgehead atoms. The van der Waals surface area contributed by atoms with Gasteiger partial charge in [0.15, 0.2) is 0 Å². The Kier molecular flexibility index (Phi) is 6.86. The summed E-state index contributed by atoms with van der Waals surface area (Å²) in [6, 6.07) is 4.43. The Morgan fingerprint density at radius 3 is 2.39 bits per heavy atom. The summed E-state index contributed by atoms with van der Waals surface area (Å²) < 4.78 is 77.0. The molecule has 1 saturated carbocycles. The van der Waals surface area contributed by atoms with Crippen LogP contribution in [0.2, 0.25) is 0 Å². The number of nitrogens with one attached hydrogen (secondary N) is 1. The van der Waals surface area contributed by atoms with Crippen LogP contribution in [0.15, 0.2) is 41.3 Å². The van der Waals surface area contributed by atoms with E-state index in [4.69, 9.17) is 5.14 Å². The van der Waals surface area contributed by atoms with E-state index in [1.165, 1.54) is 23.1 Å². The first kappa shape index (κ1) is 26.1. The Bertz CT molecular complexity index is 1310. The molecule has 0 radical (unpaired) electrons. The summed E-state index contributed by atoms with van der Waals surface area (Å²) in [5.41, 5.74) is -0.560. The first-order valence-corrected chi connectivity index (χ1v) is 12.9. The summed E-state index contributed by atoms with van der Waals surface area (Å²) in [6.07, 6.45) is -2.49. The van der Waals surface area contributed by atoms with Gasteiger partial charge in [-0.1, -0.05) is 12.1 Å². The number of aryl methyl sites for hydroxylation is 1. The molecule has 0 unspecified atom stereocenters. The minimum absolute atomic E-state index is 0.0357. The summed E-state index contributed by atoms with van der Waals surface area (Å²) in [5.74, 6) is -2.27. The minimum atomic E-state index is -4.69. The third kappa shape index (κ3) is 5.39. The van der Waals surface area contributed by atoms with Crippen LogP contribution >= 0.6 is 0 Å². The highest BCUT2D eigenvalue weighted by atomic mass is 32.2. The van der Waals surface area contributed by atoms with Crippen LogP contribution in [0.5, 0.6) is 0 Å². The number of carbonyl (C=O) groups is 2. The Labute approximate surface area is 205 Å².